The summed E-state index contributed by atoms with van der Waals surface area (Å²) in [6, 6.07) is 0. The van der Waals surface area contributed by atoms with Crippen LogP contribution in [-0.4, -0.2) is 53.6 Å². The summed E-state index contributed by atoms with van der Waals surface area (Å²) in [5.41, 5.74) is 7.59. The number of piperazine rings is 1. The van der Waals surface area contributed by atoms with E-state index < -0.39 is 12.7 Å². The molecule has 0 saturated carbocycles. The van der Waals surface area contributed by atoms with Crippen LogP contribution < -0.4 is 10.6 Å². The van der Waals surface area contributed by atoms with Crippen molar-refractivity contribution in [1.82, 2.24) is 14.7 Å². The van der Waals surface area contributed by atoms with Crippen molar-refractivity contribution < 1.29 is 13.2 Å². The summed E-state index contributed by atoms with van der Waals surface area (Å²) in [4.78, 5) is 3.50. The number of halogens is 3. The van der Waals surface area contributed by atoms with E-state index in [4.69, 9.17) is 5.73 Å². The van der Waals surface area contributed by atoms with Gasteiger partial charge in [-0.05, 0) is 6.92 Å². The first-order valence-corrected chi connectivity index (χ1v) is 6.58. The third-order valence-corrected chi connectivity index (χ3v) is 3.59. The molecule has 1 fully saturated rings. The zero-order valence-corrected chi connectivity index (χ0v) is 11.7. The van der Waals surface area contributed by atoms with Gasteiger partial charge in [-0.2, -0.15) is 18.3 Å². The Bertz CT molecular complexity index is 460. The fourth-order valence-electron chi connectivity index (χ4n) is 2.70. The van der Waals surface area contributed by atoms with Crippen molar-refractivity contribution in [1.29, 1.82) is 0 Å². The summed E-state index contributed by atoms with van der Waals surface area (Å²) in [6.45, 7) is 3.35. The van der Waals surface area contributed by atoms with Gasteiger partial charge < -0.3 is 10.6 Å². The first-order chi connectivity index (χ1) is 9.31. The Morgan fingerprint density at radius 3 is 2.30 bits per heavy atom. The number of hydrogen-bond acceptors (Lipinski definition) is 4. The highest BCUT2D eigenvalue weighted by Gasteiger charge is 2.32. The van der Waals surface area contributed by atoms with E-state index >= 15 is 0 Å². The SMILES string of the molecule is Cc1nn(C)c(N2CCN(CC(F)(F)F)CC2)c1CN. The van der Waals surface area contributed by atoms with E-state index in [0.29, 0.717) is 32.7 Å². The lowest BCUT2D eigenvalue weighted by Crippen LogP contribution is -2.49. The van der Waals surface area contributed by atoms with E-state index in [9.17, 15) is 13.2 Å². The van der Waals surface area contributed by atoms with Crippen LogP contribution >= 0.6 is 0 Å². The molecule has 1 aromatic heterocycles. The summed E-state index contributed by atoms with van der Waals surface area (Å²) in [6.07, 6.45) is -4.13. The van der Waals surface area contributed by atoms with Crippen LogP contribution in [0.25, 0.3) is 0 Å². The first kappa shape index (κ1) is 15.1. The topological polar surface area (TPSA) is 50.3 Å². The fourth-order valence-corrected chi connectivity index (χ4v) is 2.70. The van der Waals surface area contributed by atoms with E-state index in [0.717, 1.165) is 17.1 Å². The molecule has 0 aromatic carbocycles. The Kier molecular flexibility index (Phi) is 4.24. The zero-order valence-electron chi connectivity index (χ0n) is 11.7. The molecule has 1 saturated heterocycles. The molecule has 5 nitrogen and oxygen atoms in total. The molecule has 0 bridgehead atoms. The molecule has 0 unspecified atom stereocenters. The summed E-state index contributed by atoms with van der Waals surface area (Å²) in [5.74, 6) is 0.927. The quantitative estimate of drug-likeness (QED) is 0.898. The second-order valence-electron chi connectivity index (χ2n) is 5.09. The number of hydrogen-bond donors (Lipinski definition) is 1. The Labute approximate surface area is 116 Å². The van der Waals surface area contributed by atoms with Crippen LogP contribution in [0.4, 0.5) is 19.0 Å². The van der Waals surface area contributed by atoms with Gasteiger partial charge in [-0.3, -0.25) is 9.58 Å². The number of alkyl halides is 3. The minimum absolute atomic E-state index is 0.387. The number of anilines is 1. The fraction of sp³-hybridized carbons (Fsp3) is 0.750. The molecular weight excluding hydrogens is 271 g/mol. The summed E-state index contributed by atoms with van der Waals surface area (Å²) < 4.78 is 38.8. The molecule has 0 spiro atoms. The van der Waals surface area contributed by atoms with Crippen LogP contribution in [0.1, 0.15) is 11.3 Å². The molecule has 0 atom stereocenters. The van der Waals surface area contributed by atoms with E-state index in [-0.39, 0.29) is 0 Å². The van der Waals surface area contributed by atoms with Crippen molar-refractivity contribution in [3.8, 4) is 0 Å². The predicted molar refractivity (Wildman–Crippen MR) is 70.5 cm³/mol. The highest BCUT2D eigenvalue weighted by molar-refractivity contribution is 5.50. The zero-order chi connectivity index (χ0) is 14.9. The Hall–Kier alpha value is -1.28. The Morgan fingerprint density at radius 1 is 1.20 bits per heavy atom. The van der Waals surface area contributed by atoms with Gasteiger partial charge in [0.05, 0.1) is 12.2 Å². The number of rotatable bonds is 3. The summed E-state index contributed by atoms with van der Waals surface area (Å²) in [5, 5.41) is 4.34. The van der Waals surface area contributed by atoms with Crippen LogP contribution in [0.3, 0.4) is 0 Å². The van der Waals surface area contributed by atoms with E-state index in [1.165, 1.54) is 4.90 Å². The molecule has 8 heteroatoms. The number of aromatic nitrogens is 2. The molecule has 2 N–H and O–H groups in total. The van der Waals surface area contributed by atoms with Gasteiger partial charge in [0.2, 0.25) is 0 Å². The molecule has 114 valence electrons. The molecule has 0 aliphatic carbocycles. The number of nitrogens with two attached hydrogens (primary N) is 1. The molecule has 1 aliphatic heterocycles. The lowest BCUT2D eigenvalue weighted by atomic mass is 10.2. The molecule has 2 rings (SSSR count). The smallest absolute Gasteiger partial charge is 0.354 e. The monoisotopic (exact) mass is 291 g/mol. The van der Waals surface area contributed by atoms with Gasteiger partial charge in [-0.15, -0.1) is 0 Å². The molecule has 0 radical (unpaired) electrons. The van der Waals surface area contributed by atoms with Gasteiger partial charge in [0.1, 0.15) is 5.82 Å². The van der Waals surface area contributed by atoms with Crippen LogP contribution in [0.5, 0.6) is 0 Å². The van der Waals surface area contributed by atoms with E-state index in [1.54, 1.807) is 4.68 Å². The standard InChI is InChI=1S/C12H20F3N5/c1-9-10(7-16)11(18(2)17-9)20-5-3-19(4-6-20)8-12(13,14)15/h3-8,16H2,1-2H3. The van der Waals surface area contributed by atoms with Crippen molar-refractivity contribution in [2.45, 2.75) is 19.6 Å². The van der Waals surface area contributed by atoms with Crippen molar-refractivity contribution >= 4 is 5.82 Å². The van der Waals surface area contributed by atoms with E-state index in [1.807, 2.05) is 14.0 Å². The van der Waals surface area contributed by atoms with Gasteiger partial charge in [0.15, 0.2) is 0 Å². The maximum absolute atomic E-state index is 12.4. The summed E-state index contributed by atoms with van der Waals surface area (Å²) >= 11 is 0. The largest absolute Gasteiger partial charge is 0.401 e. The second kappa shape index (κ2) is 5.61. The van der Waals surface area contributed by atoms with Crippen LogP contribution in [-0.2, 0) is 13.6 Å². The predicted octanol–water partition coefficient (Wildman–Crippen LogP) is 0.872. The molecule has 20 heavy (non-hydrogen) atoms. The maximum Gasteiger partial charge on any atom is 0.401 e. The maximum atomic E-state index is 12.4. The van der Waals surface area contributed by atoms with E-state index in [2.05, 4.69) is 10.00 Å². The Morgan fingerprint density at radius 2 is 1.80 bits per heavy atom. The molecule has 2 heterocycles. The highest BCUT2D eigenvalue weighted by atomic mass is 19.4. The lowest BCUT2D eigenvalue weighted by Gasteiger charge is -2.36. The summed E-state index contributed by atoms with van der Waals surface area (Å²) in [7, 11) is 1.84. The van der Waals surface area contributed by atoms with Crippen LogP contribution in [0, 0.1) is 6.92 Å². The molecule has 1 aliphatic rings. The average Bonchev–Trinajstić information content (AvgIpc) is 2.62. The first-order valence-electron chi connectivity index (χ1n) is 6.58. The van der Waals surface area contributed by atoms with Crippen LogP contribution in [0.2, 0.25) is 0 Å². The van der Waals surface area contributed by atoms with Gasteiger partial charge in [-0.25, -0.2) is 0 Å². The third-order valence-electron chi connectivity index (χ3n) is 3.59. The molecule has 1 aromatic rings. The van der Waals surface area contributed by atoms with Crippen molar-refractivity contribution in [2.24, 2.45) is 12.8 Å². The average molecular weight is 291 g/mol. The van der Waals surface area contributed by atoms with Gasteiger partial charge in [0, 0.05) is 45.3 Å². The van der Waals surface area contributed by atoms with Crippen molar-refractivity contribution in [2.75, 3.05) is 37.6 Å². The van der Waals surface area contributed by atoms with Crippen molar-refractivity contribution in [3.63, 3.8) is 0 Å². The van der Waals surface area contributed by atoms with Crippen molar-refractivity contribution in [3.05, 3.63) is 11.3 Å². The number of aryl methyl sites for hydroxylation is 2. The normalized spacial score (nSPS) is 17.8. The van der Waals surface area contributed by atoms with Crippen LogP contribution in [0.15, 0.2) is 0 Å². The third kappa shape index (κ3) is 3.24. The lowest BCUT2D eigenvalue weighted by molar-refractivity contribution is -0.146. The van der Waals surface area contributed by atoms with Gasteiger partial charge in [-0.1, -0.05) is 0 Å². The van der Waals surface area contributed by atoms with Gasteiger partial charge >= 0.3 is 6.18 Å². The minimum atomic E-state index is -4.13. The molecular formula is C12H20F3N5. The second-order valence-corrected chi connectivity index (χ2v) is 5.09. The highest BCUT2D eigenvalue weighted by Crippen LogP contribution is 2.25. The Balaban J connectivity index is 2.04. The minimum Gasteiger partial charge on any atom is -0.354 e. The number of nitrogens with zero attached hydrogens (tertiary/aromatic N) is 4. The van der Waals surface area contributed by atoms with Gasteiger partial charge in [0.25, 0.3) is 0 Å². The molecule has 0 amide bonds.